The van der Waals surface area contributed by atoms with E-state index in [4.69, 9.17) is 4.99 Å². The predicted octanol–water partition coefficient (Wildman–Crippen LogP) is 4.14. The number of thiazole rings is 1. The largest absolute Gasteiger partial charge is 0.357 e. The average Bonchev–Trinajstić information content (AvgIpc) is 3.33. The molecule has 0 aromatic carbocycles. The topological polar surface area (TPSA) is 58.3 Å². The van der Waals surface area contributed by atoms with Crippen LogP contribution < -0.4 is 5.32 Å². The zero-order valence-electron chi connectivity index (χ0n) is 17.2. The van der Waals surface area contributed by atoms with Crippen molar-refractivity contribution >= 4 is 41.3 Å². The third-order valence-electron chi connectivity index (χ3n) is 5.19. The molecule has 0 radical (unpaired) electrons. The normalized spacial score (nSPS) is 20.1. The molecule has 2 aromatic heterocycles. The Hall–Kier alpha value is -1.16. The number of hydrogen-bond donors (Lipinski definition) is 1. The van der Waals surface area contributed by atoms with E-state index in [2.05, 4.69) is 57.1 Å². The summed E-state index contributed by atoms with van der Waals surface area (Å²) in [5, 5.41) is 6.86. The highest BCUT2D eigenvalue weighted by atomic mass is 127. The van der Waals surface area contributed by atoms with Crippen LogP contribution in [0.1, 0.15) is 49.9 Å². The van der Waals surface area contributed by atoms with Crippen LogP contribution in [0, 0.1) is 12.8 Å². The number of nitrogens with one attached hydrogen (secondary N) is 1. The lowest BCUT2D eigenvalue weighted by atomic mass is 9.93. The smallest absolute Gasteiger partial charge is 0.193 e. The second-order valence-electron chi connectivity index (χ2n) is 7.36. The molecule has 2 unspecified atom stereocenters. The Morgan fingerprint density at radius 2 is 2.25 bits per heavy atom. The Morgan fingerprint density at radius 1 is 1.39 bits per heavy atom. The summed E-state index contributed by atoms with van der Waals surface area (Å²) >= 11 is 1.77. The lowest BCUT2D eigenvalue weighted by Gasteiger charge is -2.39. The molecule has 2 atom stereocenters. The number of aryl methyl sites for hydroxylation is 2. The van der Waals surface area contributed by atoms with Crippen LogP contribution in [0.5, 0.6) is 0 Å². The van der Waals surface area contributed by atoms with Crippen molar-refractivity contribution in [3.8, 4) is 0 Å². The van der Waals surface area contributed by atoms with Gasteiger partial charge in [-0.3, -0.25) is 4.99 Å². The summed E-state index contributed by atoms with van der Waals surface area (Å²) < 4.78 is 2.25. The summed E-state index contributed by atoms with van der Waals surface area (Å²) in [6.45, 7) is 10.4. The highest BCUT2D eigenvalue weighted by molar-refractivity contribution is 14.0. The van der Waals surface area contributed by atoms with E-state index >= 15 is 0 Å². The lowest BCUT2D eigenvalue weighted by Crippen LogP contribution is -2.49. The second kappa shape index (κ2) is 11.7. The van der Waals surface area contributed by atoms with Gasteiger partial charge in [0, 0.05) is 49.6 Å². The molecule has 28 heavy (non-hydrogen) atoms. The van der Waals surface area contributed by atoms with E-state index in [0.29, 0.717) is 12.0 Å². The maximum absolute atomic E-state index is 4.90. The fourth-order valence-electron chi connectivity index (χ4n) is 3.61. The monoisotopic (exact) mass is 516 g/mol. The van der Waals surface area contributed by atoms with Crippen LogP contribution in [0.4, 0.5) is 0 Å². The number of halogens is 1. The van der Waals surface area contributed by atoms with Gasteiger partial charge in [0.05, 0.1) is 17.4 Å². The number of guanidine groups is 1. The van der Waals surface area contributed by atoms with Crippen LogP contribution >= 0.6 is 35.3 Å². The fraction of sp³-hybridized carbons (Fsp3) is 0.650. The summed E-state index contributed by atoms with van der Waals surface area (Å²) in [7, 11) is 0. The molecule has 1 saturated heterocycles. The van der Waals surface area contributed by atoms with Crippen LogP contribution in [-0.2, 0) is 6.42 Å². The molecule has 0 spiro atoms. The first kappa shape index (κ1) is 23.1. The zero-order chi connectivity index (χ0) is 19.1. The Balaban J connectivity index is 0.00000280. The molecule has 3 heterocycles. The van der Waals surface area contributed by atoms with Gasteiger partial charge in [-0.2, -0.15) is 0 Å². The van der Waals surface area contributed by atoms with E-state index in [1.54, 1.807) is 11.3 Å². The summed E-state index contributed by atoms with van der Waals surface area (Å²) in [5.74, 6) is 1.71. The van der Waals surface area contributed by atoms with Crippen LogP contribution in [0.3, 0.4) is 0 Å². The minimum Gasteiger partial charge on any atom is -0.357 e. The first-order valence-electron chi connectivity index (χ1n) is 10.1. The molecule has 0 saturated carbocycles. The predicted molar refractivity (Wildman–Crippen MR) is 128 cm³/mol. The van der Waals surface area contributed by atoms with Crippen LogP contribution in [0.2, 0.25) is 0 Å². The number of nitrogens with zero attached hydrogens (tertiary/aromatic N) is 5. The maximum atomic E-state index is 4.90. The molecule has 8 heteroatoms. The van der Waals surface area contributed by atoms with Gasteiger partial charge in [-0.05, 0) is 45.4 Å². The molecule has 6 nitrogen and oxygen atoms in total. The third-order valence-corrected chi connectivity index (χ3v) is 6.21. The van der Waals surface area contributed by atoms with E-state index < -0.39 is 0 Å². The molecular weight excluding hydrogens is 483 g/mol. The molecule has 1 aliphatic rings. The summed E-state index contributed by atoms with van der Waals surface area (Å²) in [4.78, 5) is 16.1. The van der Waals surface area contributed by atoms with E-state index in [9.17, 15) is 0 Å². The Morgan fingerprint density at radius 3 is 2.93 bits per heavy atom. The Labute approximate surface area is 189 Å². The SMILES string of the molecule is CCNC(=NCCCCc1nc(C)cs1)N1CCC(C)C(n2ccnc2)C1.I. The highest BCUT2D eigenvalue weighted by Gasteiger charge is 2.28. The zero-order valence-corrected chi connectivity index (χ0v) is 20.3. The number of rotatable bonds is 7. The van der Waals surface area contributed by atoms with Gasteiger partial charge in [0.25, 0.3) is 0 Å². The number of aromatic nitrogens is 3. The molecule has 1 N–H and O–H groups in total. The molecule has 1 fully saturated rings. The van der Waals surface area contributed by atoms with Gasteiger partial charge in [0.1, 0.15) is 0 Å². The van der Waals surface area contributed by atoms with Crippen molar-refractivity contribution in [1.82, 2.24) is 24.8 Å². The molecule has 2 aromatic rings. The van der Waals surface area contributed by atoms with Crippen LogP contribution in [-0.4, -0.2) is 51.6 Å². The minimum atomic E-state index is 0. The molecule has 3 rings (SSSR count). The van der Waals surface area contributed by atoms with Crippen molar-refractivity contribution in [3.05, 3.63) is 34.8 Å². The van der Waals surface area contributed by atoms with E-state index in [-0.39, 0.29) is 24.0 Å². The molecular formula is C20H33IN6S. The lowest BCUT2D eigenvalue weighted by molar-refractivity contribution is 0.189. The number of likely N-dealkylation sites (tertiary alicyclic amines) is 1. The average molecular weight is 516 g/mol. The van der Waals surface area contributed by atoms with Crippen molar-refractivity contribution in [2.75, 3.05) is 26.2 Å². The number of imidazole rings is 1. The van der Waals surface area contributed by atoms with Gasteiger partial charge in [-0.15, -0.1) is 35.3 Å². The quantitative estimate of drug-likeness (QED) is 0.260. The van der Waals surface area contributed by atoms with Crippen molar-refractivity contribution in [3.63, 3.8) is 0 Å². The van der Waals surface area contributed by atoms with E-state index in [1.165, 1.54) is 11.4 Å². The van der Waals surface area contributed by atoms with Gasteiger partial charge >= 0.3 is 0 Å². The summed E-state index contributed by atoms with van der Waals surface area (Å²) in [6.07, 6.45) is 10.4. The standard InChI is InChI=1S/C20H32N6S.HI/c1-4-22-20(23-9-6-5-7-19-24-17(3)14-27-19)25-11-8-16(2)18(13-25)26-12-10-21-15-26;/h10,12,14-16,18H,4-9,11,13H2,1-3H3,(H,22,23);1H. The van der Waals surface area contributed by atoms with Gasteiger partial charge in [0.15, 0.2) is 5.96 Å². The highest BCUT2D eigenvalue weighted by Crippen LogP contribution is 2.27. The van der Waals surface area contributed by atoms with Crippen LogP contribution in [0.25, 0.3) is 0 Å². The number of aliphatic imine (C=N–C) groups is 1. The molecule has 0 bridgehead atoms. The Kier molecular flexibility index (Phi) is 9.70. The van der Waals surface area contributed by atoms with Gasteiger partial charge in [-0.25, -0.2) is 9.97 Å². The van der Waals surface area contributed by atoms with Crippen molar-refractivity contribution in [1.29, 1.82) is 0 Å². The number of piperidine rings is 1. The number of unbranched alkanes of at least 4 members (excludes halogenated alkanes) is 1. The number of hydrogen-bond acceptors (Lipinski definition) is 4. The first-order chi connectivity index (χ1) is 13.2. The first-order valence-corrected chi connectivity index (χ1v) is 11.0. The summed E-state index contributed by atoms with van der Waals surface area (Å²) in [6, 6.07) is 0.457. The molecule has 0 aliphatic carbocycles. The Bertz CT molecular complexity index is 714. The minimum absolute atomic E-state index is 0. The van der Waals surface area contributed by atoms with Gasteiger partial charge < -0.3 is 14.8 Å². The van der Waals surface area contributed by atoms with Gasteiger partial charge in [0.2, 0.25) is 0 Å². The molecule has 0 amide bonds. The third kappa shape index (κ3) is 6.43. The second-order valence-corrected chi connectivity index (χ2v) is 8.31. The maximum Gasteiger partial charge on any atom is 0.193 e. The molecule has 1 aliphatic heterocycles. The van der Waals surface area contributed by atoms with Crippen LogP contribution in [0.15, 0.2) is 29.1 Å². The summed E-state index contributed by atoms with van der Waals surface area (Å²) in [5.41, 5.74) is 1.13. The molecule has 156 valence electrons. The van der Waals surface area contributed by atoms with Crippen molar-refractivity contribution in [2.24, 2.45) is 10.9 Å². The van der Waals surface area contributed by atoms with Gasteiger partial charge in [-0.1, -0.05) is 6.92 Å². The van der Waals surface area contributed by atoms with E-state index in [0.717, 1.165) is 57.1 Å². The van der Waals surface area contributed by atoms with E-state index in [1.807, 2.05) is 12.5 Å². The van der Waals surface area contributed by atoms with Crippen molar-refractivity contribution < 1.29 is 0 Å². The van der Waals surface area contributed by atoms with Crippen molar-refractivity contribution in [2.45, 2.75) is 52.5 Å². The fourth-order valence-corrected chi connectivity index (χ4v) is 4.43.